The fourth-order valence-electron chi connectivity index (χ4n) is 3.06. The second kappa shape index (κ2) is 6.14. The van der Waals surface area contributed by atoms with Crippen LogP contribution in [0.2, 0.25) is 0 Å². The molecule has 0 aliphatic carbocycles. The minimum absolute atomic E-state index is 0.183. The molecule has 27 heavy (non-hydrogen) atoms. The summed E-state index contributed by atoms with van der Waals surface area (Å²) in [5.74, 6) is 1.32. The van der Waals surface area contributed by atoms with Gasteiger partial charge in [-0.3, -0.25) is 4.98 Å². The average molecular weight is 354 g/mol. The molecular formula is C20H14N6O. The van der Waals surface area contributed by atoms with Gasteiger partial charge in [0.05, 0.1) is 11.7 Å². The molecule has 0 saturated carbocycles. The summed E-state index contributed by atoms with van der Waals surface area (Å²) in [7, 11) is 0. The zero-order valence-electron chi connectivity index (χ0n) is 14.2. The molecule has 7 nitrogen and oxygen atoms in total. The van der Waals surface area contributed by atoms with E-state index in [1.165, 1.54) is 0 Å². The average Bonchev–Trinajstić information content (AvgIpc) is 3.10. The lowest BCUT2D eigenvalue weighted by molar-refractivity contribution is 0.475. The Morgan fingerprint density at radius 1 is 0.926 bits per heavy atom. The SMILES string of the molecule is Oc1cccc(-c2cnc3nnc(Cc4ccc5ncccc5c4)n3n2)c1. The van der Waals surface area contributed by atoms with Crippen LogP contribution in [-0.4, -0.2) is 34.9 Å². The highest BCUT2D eigenvalue weighted by molar-refractivity contribution is 5.79. The first-order valence-electron chi connectivity index (χ1n) is 8.47. The van der Waals surface area contributed by atoms with Gasteiger partial charge < -0.3 is 5.11 Å². The third-order valence-electron chi connectivity index (χ3n) is 4.37. The van der Waals surface area contributed by atoms with Crippen molar-refractivity contribution in [3.05, 3.63) is 78.4 Å². The van der Waals surface area contributed by atoms with Crippen molar-refractivity contribution in [2.45, 2.75) is 6.42 Å². The Hall–Kier alpha value is -3.87. The van der Waals surface area contributed by atoms with E-state index in [2.05, 4.69) is 31.3 Å². The molecule has 0 radical (unpaired) electrons. The van der Waals surface area contributed by atoms with Crippen molar-refractivity contribution in [2.75, 3.05) is 0 Å². The summed E-state index contributed by atoms with van der Waals surface area (Å²) in [4.78, 5) is 8.68. The second-order valence-electron chi connectivity index (χ2n) is 6.23. The van der Waals surface area contributed by atoms with E-state index in [1.807, 2.05) is 30.3 Å². The van der Waals surface area contributed by atoms with Crippen LogP contribution in [-0.2, 0) is 6.42 Å². The molecule has 7 heteroatoms. The molecule has 0 atom stereocenters. The van der Waals surface area contributed by atoms with Crippen molar-refractivity contribution in [1.29, 1.82) is 0 Å². The molecule has 3 aromatic heterocycles. The monoisotopic (exact) mass is 354 g/mol. The molecule has 0 bridgehead atoms. The van der Waals surface area contributed by atoms with Crippen LogP contribution in [0.15, 0.2) is 67.0 Å². The molecule has 5 aromatic rings. The summed E-state index contributed by atoms with van der Waals surface area (Å²) in [6, 6.07) is 17.0. The van der Waals surface area contributed by atoms with Gasteiger partial charge >= 0.3 is 0 Å². The third-order valence-corrected chi connectivity index (χ3v) is 4.37. The van der Waals surface area contributed by atoms with Crippen molar-refractivity contribution >= 4 is 16.7 Å². The quantitative estimate of drug-likeness (QED) is 0.536. The van der Waals surface area contributed by atoms with Gasteiger partial charge in [0, 0.05) is 23.6 Å². The maximum atomic E-state index is 9.70. The smallest absolute Gasteiger partial charge is 0.271 e. The Kier molecular flexibility index (Phi) is 3.50. The summed E-state index contributed by atoms with van der Waals surface area (Å²) in [6.45, 7) is 0. The predicted octanol–water partition coefficient (Wildman–Crippen LogP) is 3.03. The fourth-order valence-corrected chi connectivity index (χ4v) is 3.06. The number of pyridine rings is 1. The van der Waals surface area contributed by atoms with Crippen LogP contribution in [0.4, 0.5) is 0 Å². The Bertz CT molecular complexity index is 1280. The van der Waals surface area contributed by atoms with Crippen LogP contribution in [0.3, 0.4) is 0 Å². The third kappa shape index (κ3) is 2.85. The Labute approximate surface area is 154 Å². The van der Waals surface area contributed by atoms with Crippen molar-refractivity contribution in [2.24, 2.45) is 0 Å². The second-order valence-corrected chi connectivity index (χ2v) is 6.23. The number of phenols is 1. The minimum Gasteiger partial charge on any atom is -0.508 e. The highest BCUT2D eigenvalue weighted by atomic mass is 16.3. The summed E-state index contributed by atoms with van der Waals surface area (Å²) < 4.78 is 1.65. The van der Waals surface area contributed by atoms with Gasteiger partial charge in [-0.05, 0) is 35.9 Å². The number of aromatic nitrogens is 6. The molecule has 0 spiro atoms. The van der Waals surface area contributed by atoms with Crippen LogP contribution >= 0.6 is 0 Å². The van der Waals surface area contributed by atoms with Gasteiger partial charge in [0.25, 0.3) is 5.78 Å². The normalized spacial score (nSPS) is 11.3. The first-order chi connectivity index (χ1) is 13.3. The van der Waals surface area contributed by atoms with Crippen molar-refractivity contribution in [3.63, 3.8) is 0 Å². The van der Waals surface area contributed by atoms with Gasteiger partial charge in [-0.1, -0.05) is 24.3 Å². The maximum absolute atomic E-state index is 9.70. The number of rotatable bonds is 3. The molecule has 3 heterocycles. The number of hydrogen-bond donors (Lipinski definition) is 1. The van der Waals surface area contributed by atoms with Gasteiger partial charge in [0.1, 0.15) is 11.4 Å². The molecule has 1 N–H and O–H groups in total. The summed E-state index contributed by atoms with van der Waals surface area (Å²) in [5, 5.41) is 23.7. The molecule has 0 aliphatic heterocycles. The van der Waals surface area contributed by atoms with Crippen molar-refractivity contribution < 1.29 is 5.11 Å². The number of fused-ring (bicyclic) bond motifs is 2. The van der Waals surface area contributed by atoms with Gasteiger partial charge in [0.2, 0.25) is 0 Å². The highest BCUT2D eigenvalue weighted by Crippen LogP contribution is 2.21. The number of nitrogens with zero attached hydrogens (tertiary/aromatic N) is 6. The molecule has 0 amide bonds. The molecule has 2 aromatic carbocycles. The van der Waals surface area contributed by atoms with E-state index >= 15 is 0 Å². The van der Waals surface area contributed by atoms with Crippen molar-refractivity contribution in [3.8, 4) is 17.0 Å². The lowest BCUT2D eigenvalue weighted by atomic mass is 10.1. The van der Waals surface area contributed by atoms with Gasteiger partial charge in [-0.2, -0.15) is 9.61 Å². The van der Waals surface area contributed by atoms with Crippen molar-refractivity contribution in [1.82, 2.24) is 29.8 Å². The van der Waals surface area contributed by atoms with Gasteiger partial charge in [0.15, 0.2) is 5.82 Å². The van der Waals surface area contributed by atoms with E-state index in [-0.39, 0.29) is 5.75 Å². The van der Waals surface area contributed by atoms with E-state index < -0.39 is 0 Å². The highest BCUT2D eigenvalue weighted by Gasteiger charge is 2.11. The summed E-state index contributed by atoms with van der Waals surface area (Å²) in [6.07, 6.45) is 3.99. The molecular weight excluding hydrogens is 340 g/mol. The van der Waals surface area contributed by atoms with E-state index in [0.29, 0.717) is 23.7 Å². The largest absolute Gasteiger partial charge is 0.508 e. The molecule has 0 fully saturated rings. The molecule has 5 rings (SSSR count). The van der Waals surface area contributed by atoms with E-state index in [4.69, 9.17) is 0 Å². The predicted molar refractivity (Wildman–Crippen MR) is 100 cm³/mol. The Morgan fingerprint density at radius 2 is 1.89 bits per heavy atom. The fraction of sp³-hybridized carbons (Fsp3) is 0.0500. The number of phenolic OH excluding ortho intramolecular Hbond substituents is 1. The zero-order chi connectivity index (χ0) is 18.2. The zero-order valence-corrected chi connectivity index (χ0v) is 14.2. The Morgan fingerprint density at radius 3 is 2.81 bits per heavy atom. The minimum atomic E-state index is 0.183. The van der Waals surface area contributed by atoms with E-state index in [1.54, 1.807) is 35.1 Å². The standard InChI is InChI=1S/C20H14N6O/c27-16-5-1-3-15(11-16)18-12-22-20-24-23-19(26(20)25-18)10-13-6-7-17-14(9-13)4-2-8-21-17/h1-9,11-12,27H,10H2. The molecule has 0 aliphatic rings. The van der Waals surface area contributed by atoms with Crippen LogP contribution in [0.5, 0.6) is 5.75 Å². The van der Waals surface area contributed by atoms with E-state index in [0.717, 1.165) is 22.0 Å². The Balaban J connectivity index is 1.55. The number of benzene rings is 2. The van der Waals surface area contributed by atoms with Crippen LogP contribution < -0.4 is 0 Å². The maximum Gasteiger partial charge on any atom is 0.271 e. The van der Waals surface area contributed by atoms with Crippen LogP contribution in [0, 0.1) is 0 Å². The summed E-state index contributed by atoms with van der Waals surface area (Å²) >= 11 is 0. The van der Waals surface area contributed by atoms with E-state index in [9.17, 15) is 5.11 Å². The molecule has 0 saturated heterocycles. The first-order valence-corrected chi connectivity index (χ1v) is 8.47. The van der Waals surface area contributed by atoms with Crippen LogP contribution in [0.25, 0.3) is 27.9 Å². The lowest BCUT2D eigenvalue weighted by Gasteiger charge is -2.04. The number of aromatic hydroxyl groups is 1. The summed E-state index contributed by atoms with van der Waals surface area (Å²) in [5.41, 5.74) is 3.47. The lowest BCUT2D eigenvalue weighted by Crippen LogP contribution is -2.03. The van der Waals surface area contributed by atoms with Crippen LogP contribution in [0.1, 0.15) is 11.4 Å². The molecule has 0 unspecified atom stereocenters. The van der Waals surface area contributed by atoms with Gasteiger partial charge in [-0.15, -0.1) is 10.2 Å². The number of hydrogen-bond acceptors (Lipinski definition) is 6. The molecule has 130 valence electrons. The first kappa shape index (κ1) is 15.4. The van der Waals surface area contributed by atoms with Gasteiger partial charge in [-0.25, -0.2) is 4.98 Å². The topological polar surface area (TPSA) is 89.1 Å².